The Morgan fingerprint density at radius 3 is 2.05 bits per heavy atom. The lowest BCUT2D eigenvalue weighted by Gasteiger charge is -2.37. The predicted octanol–water partition coefficient (Wildman–Crippen LogP) is 4.69. The summed E-state index contributed by atoms with van der Waals surface area (Å²) in [6, 6.07) is 20.9. The highest BCUT2D eigenvalue weighted by Gasteiger charge is 2.38. The first-order chi connectivity index (χ1) is 10.8. The van der Waals surface area contributed by atoms with Crippen LogP contribution in [-0.2, 0) is 10.2 Å². The van der Waals surface area contributed by atoms with Crippen molar-refractivity contribution in [2.24, 2.45) is 5.92 Å². The van der Waals surface area contributed by atoms with Crippen LogP contribution in [0, 0.1) is 5.92 Å². The first-order valence-corrected chi connectivity index (χ1v) is 7.71. The summed E-state index contributed by atoms with van der Waals surface area (Å²) >= 11 is 0. The van der Waals surface area contributed by atoms with Crippen LogP contribution in [0.25, 0.3) is 0 Å². The van der Waals surface area contributed by atoms with Gasteiger partial charge in [0.25, 0.3) is 0 Å². The summed E-state index contributed by atoms with van der Waals surface area (Å²) in [5.74, 6) is 0.213. The molecule has 0 N–H and O–H groups in total. The lowest BCUT2D eigenvalue weighted by molar-refractivity contribution is -0.119. The zero-order valence-electron chi connectivity index (χ0n) is 12.6. The average molecular weight is 288 g/mol. The summed E-state index contributed by atoms with van der Waals surface area (Å²) in [7, 11) is 0. The first-order valence-electron chi connectivity index (χ1n) is 7.71. The molecule has 0 heterocycles. The molecule has 1 aliphatic rings. The molecular weight excluding hydrogens is 268 g/mol. The second kappa shape index (κ2) is 6.15. The van der Waals surface area contributed by atoms with Gasteiger partial charge >= 0.3 is 0 Å². The quantitative estimate of drug-likeness (QED) is 0.746. The SMILES string of the molecule is C=CCC1CC(c2ccccc2)(c2ccccc2)C=CC1=O. The Morgan fingerprint density at radius 2 is 1.55 bits per heavy atom. The molecule has 0 aromatic heterocycles. The van der Waals surface area contributed by atoms with Crippen LogP contribution >= 0.6 is 0 Å². The smallest absolute Gasteiger partial charge is 0.158 e. The molecule has 1 heteroatoms. The highest BCUT2D eigenvalue weighted by Crippen LogP contribution is 2.43. The molecule has 2 aromatic carbocycles. The number of hydrogen-bond acceptors (Lipinski definition) is 1. The fraction of sp³-hybridized carbons (Fsp3) is 0.190. The van der Waals surface area contributed by atoms with Crippen LogP contribution in [0.4, 0.5) is 0 Å². The molecule has 1 nitrogen and oxygen atoms in total. The molecule has 110 valence electrons. The Labute approximate surface area is 132 Å². The van der Waals surface area contributed by atoms with Gasteiger partial charge in [0.15, 0.2) is 5.78 Å². The Balaban J connectivity index is 2.15. The average Bonchev–Trinajstić information content (AvgIpc) is 2.59. The van der Waals surface area contributed by atoms with Gasteiger partial charge in [0.1, 0.15) is 0 Å². The first kappa shape index (κ1) is 14.5. The van der Waals surface area contributed by atoms with Crippen molar-refractivity contribution in [3.05, 3.63) is 96.6 Å². The number of ketones is 1. The Hall–Kier alpha value is -2.41. The number of hydrogen-bond donors (Lipinski definition) is 0. The minimum atomic E-state index is -0.232. The van der Waals surface area contributed by atoms with Crippen LogP contribution in [0.5, 0.6) is 0 Å². The highest BCUT2D eigenvalue weighted by atomic mass is 16.1. The van der Waals surface area contributed by atoms with Gasteiger partial charge in [0, 0.05) is 11.3 Å². The molecule has 0 saturated carbocycles. The Bertz CT molecular complexity index is 643. The molecule has 0 saturated heterocycles. The van der Waals surface area contributed by atoms with Crippen LogP contribution < -0.4 is 0 Å². The van der Waals surface area contributed by atoms with Crippen LogP contribution in [0.2, 0.25) is 0 Å². The topological polar surface area (TPSA) is 17.1 Å². The van der Waals surface area contributed by atoms with Crippen molar-refractivity contribution in [1.29, 1.82) is 0 Å². The summed E-state index contributed by atoms with van der Waals surface area (Å²) in [4.78, 5) is 12.2. The van der Waals surface area contributed by atoms with Crippen LogP contribution in [-0.4, -0.2) is 5.78 Å². The molecule has 1 unspecified atom stereocenters. The van der Waals surface area contributed by atoms with E-state index in [0.717, 1.165) is 12.8 Å². The lowest BCUT2D eigenvalue weighted by atomic mass is 9.65. The maximum absolute atomic E-state index is 12.2. The molecule has 0 spiro atoms. The predicted molar refractivity (Wildman–Crippen MR) is 90.7 cm³/mol. The summed E-state index contributed by atoms with van der Waals surface area (Å²) in [6.07, 6.45) is 7.21. The fourth-order valence-corrected chi connectivity index (χ4v) is 3.38. The molecule has 1 aliphatic carbocycles. The third-order valence-corrected chi connectivity index (χ3v) is 4.53. The standard InChI is InChI=1S/C21H20O/c1-2-9-17-16-21(15-14-20(17)22,18-10-5-3-6-11-18)19-12-7-4-8-13-19/h2-8,10-15,17H,1,9,16H2. The summed E-state index contributed by atoms with van der Waals surface area (Å²) in [6.45, 7) is 3.81. The zero-order valence-corrected chi connectivity index (χ0v) is 12.6. The van der Waals surface area contributed by atoms with E-state index >= 15 is 0 Å². The summed E-state index contributed by atoms with van der Waals surface area (Å²) in [5, 5.41) is 0. The van der Waals surface area contributed by atoms with Crippen LogP contribution in [0.1, 0.15) is 24.0 Å². The Kier molecular flexibility index (Phi) is 4.06. The fourth-order valence-electron chi connectivity index (χ4n) is 3.38. The number of benzene rings is 2. The lowest BCUT2D eigenvalue weighted by Crippen LogP contribution is -2.34. The van der Waals surface area contributed by atoms with Crippen molar-refractivity contribution >= 4 is 5.78 Å². The molecular formula is C21H20O. The van der Waals surface area contributed by atoms with Crippen molar-refractivity contribution in [2.75, 3.05) is 0 Å². The Morgan fingerprint density at radius 1 is 1.00 bits per heavy atom. The van der Waals surface area contributed by atoms with Gasteiger partial charge in [-0.2, -0.15) is 0 Å². The monoisotopic (exact) mass is 288 g/mol. The molecule has 22 heavy (non-hydrogen) atoms. The highest BCUT2D eigenvalue weighted by molar-refractivity contribution is 5.93. The molecule has 0 amide bonds. The maximum atomic E-state index is 12.2. The van der Waals surface area contributed by atoms with E-state index in [1.165, 1.54) is 11.1 Å². The van der Waals surface area contributed by atoms with E-state index in [2.05, 4.69) is 61.2 Å². The summed E-state index contributed by atoms with van der Waals surface area (Å²) in [5.41, 5.74) is 2.24. The van der Waals surface area contributed by atoms with Gasteiger partial charge in [-0.05, 0) is 30.0 Å². The van der Waals surface area contributed by atoms with Gasteiger partial charge in [-0.1, -0.05) is 72.8 Å². The maximum Gasteiger partial charge on any atom is 0.158 e. The molecule has 0 fully saturated rings. The third kappa shape index (κ3) is 2.55. The van der Waals surface area contributed by atoms with Crippen molar-refractivity contribution in [3.8, 4) is 0 Å². The molecule has 1 atom stereocenters. The minimum absolute atomic E-state index is 0.00270. The molecule has 3 rings (SSSR count). The van der Waals surface area contributed by atoms with E-state index < -0.39 is 0 Å². The second-order valence-corrected chi connectivity index (χ2v) is 5.86. The van der Waals surface area contributed by atoms with Gasteiger partial charge in [-0.25, -0.2) is 0 Å². The van der Waals surface area contributed by atoms with Crippen molar-refractivity contribution in [3.63, 3.8) is 0 Å². The van der Waals surface area contributed by atoms with E-state index in [1.807, 2.05) is 18.2 Å². The van der Waals surface area contributed by atoms with Gasteiger partial charge in [0.2, 0.25) is 0 Å². The minimum Gasteiger partial charge on any atom is -0.295 e. The summed E-state index contributed by atoms with van der Waals surface area (Å²) < 4.78 is 0. The van der Waals surface area contributed by atoms with Gasteiger partial charge in [0.05, 0.1) is 0 Å². The number of rotatable bonds is 4. The molecule has 0 aliphatic heterocycles. The van der Waals surface area contributed by atoms with Crippen LogP contribution in [0.3, 0.4) is 0 Å². The zero-order chi connectivity index (χ0) is 15.4. The largest absolute Gasteiger partial charge is 0.295 e. The van der Waals surface area contributed by atoms with Gasteiger partial charge < -0.3 is 0 Å². The second-order valence-electron chi connectivity index (χ2n) is 5.86. The van der Waals surface area contributed by atoms with E-state index in [1.54, 1.807) is 6.08 Å². The van der Waals surface area contributed by atoms with E-state index in [9.17, 15) is 4.79 Å². The van der Waals surface area contributed by atoms with Crippen molar-refractivity contribution in [1.82, 2.24) is 0 Å². The normalized spacial score (nSPS) is 19.8. The number of carbonyl (C=O) groups is 1. The van der Waals surface area contributed by atoms with E-state index in [-0.39, 0.29) is 17.1 Å². The van der Waals surface area contributed by atoms with Gasteiger partial charge in [-0.3, -0.25) is 4.79 Å². The van der Waals surface area contributed by atoms with Crippen molar-refractivity contribution < 1.29 is 4.79 Å². The number of allylic oxidation sites excluding steroid dienone is 3. The molecule has 0 bridgehead atoms. The molecule has 2 aromatic rings. The number of carbonyl (C=O) groups excluding carboxylic acids is 1. The van der Waals surface area contributed by atoms with Crippen LogP contribution in [0.15, 0.2) is 85.5 Å². The third-order valence-electron chi connectivity index (χ3n) is 4.53. The molecule has 0 radical (unpaired) electrons. The van der Waals surface area contributed by atoms with E-state index in [0.29, 0.717) is 0 Å². The van der Waals surface area contributed by atoms with Crippen molar-refractivity contribution in [2.45, 2.75) is 18.3 Å². The van der Waals surface area contributed by atoms with Gasteiger partial charge in [-0.15, -0.1) is 6.58 Å². The van der Waals surface area contributed by atoms with E-state index in [4.69, 9.17) is 0 Å².